The quantitative estimate of drug-likeness (QED) is 0.668. The zero-order chi connectivity index (χ0) is 17.3. The van der Waals surface area contributed by atoms with E-state index in [0.717, 1.165) is 38.3 Å². The van der Waals surface area contributed by atoms with Gasteiger partial charge in [-0.15, -0.1) is 11.3 Å². The Morgan fingerprint density at radius 3 is 2.46 bits per heavy atom. The Balaban J connectivity index is 1.93. The molecule has 3 aromatic rings. The molecule has 6 nitrogen and oxygen atoms in total. The lowest BCUT2D eigenvalue weighted by Crippen LogP contribution is -2.36. The fourth-order valence-corrected chi connectivity index (χ4v) is 5.93. The van der Waals surface area contributed by atoms with Crippen LogP contribution in [0.1, 0.15) is 31.7 Å². The molecule has 0 saturated heterocycles. The van der Waals surface area contributed by atoms with E-state index < -0.39 is 10.2 Å². The SMILES string of the molecule is CCCCN(CC)S(=O)(=O)Nc1nc2ccc3nc(C)sc3c2s1. The van der Waals surface area contributed by atoms with E-state index >= 15 is 0 Å². The Morgan fingerprint density at radius 2 is 1.79 bits per heavy atom. The highest BCUT2D eigenvalue weighted by atomic mass is 32.2. The number of aromatic nitrogens is 2. The Kier molecular flexibility index (Phi) is 5.05. The van der Waals surface area contributed by atoms with Gasteiger partial charge in [-0.1, -0.05) is 31.6 Å². The number of hydrogen-bond donors (Lipinski definition) is 1. The van der Waals surface area contributed by atoms with Gasteiger partial charge in [-0.2, -0.15) is 12.7 Å². The van der Waals surface area contributed by atoms with Crippen molar-refractivity contribution in [2.75, 3.05) is 17.8 Å². The summed E-state index contributed by atoms with van der Waals surface area (Å²) in [6.07, 6.45) is 1.80. The minimum Gasteiger partial charge on any atom is -0.246 e. The van der Waals surface area contributed by atoms with E-state index in [1.807, 2.05) is 32.9 Å². The molecule has 0 atom stereocenters. The maximum absolute atomic E-state index is 12.6. The van der Waals surface area contributed by atoms with Crippen LogP contribution in [0.3, 0.4) is 0 Å². The van der Waals surface area contributed by atoms with Crippen LogP contribution in [-0.2, 0) is 10.2 Å². The van der Waals surface area contributed by atoms with Gasteiger partial charge in [0.1, 0.15) is 0 Å². The van der Waals surface area contributed by atoms with E-state index in [1.54, 1.807) is 11.3 Å². The summed E-state index contributed by atoms with van der Waals surface area (Å²) in [7, 11) is -3.57. The first-order valence-corrected chi connectivity index (χ1v) is 11.0. The molecule has 0 aliphatic heterocycles. The van der Waals surface area contributed by atoms with Gasteiger partial charge in [0, 0.05) is 13.1 Å². The molecule has 0 bridgehead atoms. The number of thiazole rings is 2. The molecule has 130 valence electrons. The molecule has 0 aliphatic rings. The standard InChI is InChI=1S/C15H20N4O2S3/c1-4-6-9-19(5-2)24(20,21)18-15-17-12-8-7-11-13(14(12)23-15)22-10(3)16-11/h7-8H,4-6,9H2,1-3H3,(H,17,18). The molecule has 0 unspecified atom stereocenters. The highest BCUT2D eigenvalue weighted by Gasteiger charge is 2.22. The third kappa shape index (κ3) is 3.39. The van der Waals surface area contributed by atoms with Gasteiger partial charge in [-0.25, -0.2) is 14.7 Å². The van der Waals surface area contributed by atoms with Crippen LogP contribution in [0.2, 0.25) is 0 Å². The number of fused-ring (bicyclic) bond motifs is 3. The van der Waals surface area contributed by atoms with Gasteiger partial charge in [0.05, 0.1) is 25.4 Å². The number of benzene rings is 1. The number of anilines is 1. The van der Waals surface area contributed by atoms with Crippen molar-refractivity contribution in [2.24, 2.45) is 0 Å². The zero-order valence-electron chi connectivity index (χ0n) is 13.9. The molecule has 0 saturated carbocycles. The van der Waals surface area contributed by atoms with Crippen LogP contribution >= 0.6 is 22.7 Å². The number of hydrogen-bond acceptors (Lipinski definition) is 6. The van der Waals surface area contributed by atoms with Gasteiger partial charge < -0.3 is 0 Å². The van der Waals surface area contributed by atoms with Gasteiger partial charge in [-0.3, -0.25) is 0 Å². The Morgan fingerprint density at radius 1 is 1.12 bits per heavy atom. The molecule has 3 rings (SSSR count). The van der Waals surface area contributed by atoms with Crippen LogP contribution in [0.25, 0.3) is 20.4 Å². The van der Waals surface area contributed by atoms with Crippen molar-refractivity contribution in [2.45, 2.75) is 33.6 Å². The molecule has 0 spiro atoms. The van der Waals surface area contributed by atoms with E-state index in [1.165, 1.54) is 15.6 Å². The van der Waals surface area contributed by atoms with E-state index in [-0.39, 0.29) is 0 Å². The molecule has 2 aromatic heterocycles. The molecule has 0 amide bonds. The minimum atomic E-state index is -3.57. The zero-order valence-corrected chi connectivity index (χ0v) is 16.3. The maximum atomic E-state index is 12.6. The number of aryl methyl sites for hydroxylation is 1. The van der Waals surface area contributed by atoms with Crippen molar-refractivity contribution in [1.82, 2.24) is 14.3 Å². The maximum Gasteiger partial charge on any atom is 0.303 e. The van der Waals surface area contributed by atoms with Gasteiger partial charge in [0.2, 0.25) is 0 Å². The summed E-state index contributed by atoms with van der Waals surface area (Å²) < 4.78 is 31.2. The summed E-state index contributed by atoms with van der Waals surface area (Å²) in [6, 6.07) is 3.82. The van der Waals surface area contributed by atoms with Gasteiger partial charge >= 0.3 is 10.2 Å². The highest BCUT2D eigenvalue weighted by Crippen LogP contribution is 2.36. The normalized spacial score (nSPS) is 12.5. The van der Waals surface area contributed by atoms with E-state index in [9.17, 15) is 8.42 Å². The number of nitrogens with one attached hydrogen (secondary N) is 1. The number of unbranched alkanes of at least 4 members (excludes halogenated alkanes) is 1. The van der Waals surface area contributed by atoms with Crippen molar-refractivity contribution in [3.8, 4) is 0 Å². The van der Waals surface area contributed by atoms with E-state index in [2.05, 4.69) is 14.7 Å². The van der Waals surface area contributed by atoms with Gasteiger partial charge in [-0.05, 0) is 25.5 Å². The van der Waals surface area contributed by atoms with Crippen LogP contribution in [0.15, 0.2) is 12.1 Å². The fourth-order valence-electron chi connectivity index (χ4n) is 2.49. The van der Waals surface area contributed by atoms with Gasteiger partial charge in [0.15, 0.2) is 5.13 Å². The molecule has 0 aliphatic carbocycles. The summed E-state index contributed by atoms with van der Waals surface area (Å²) >= 11 is 2.97. The molecular weight excluding hydrogens is 364 g/mol. The first-order valence-electron chi connectivity index (χ1n) is 7.89. The van der Waals surface area contributed by atoms with Crippen LogP contribution in [-0.4, -0.2) is 35.8 Å². The lowest BCUT2D eigenvalue weighted by molar-refractivity contribution is 0.422. The van der Waals surface area contributed by atoms with Crippen molar-refractivity contribution in [3.63, 3.8) is 0 Å². The number of rotatable bonds is 7. The molecule has 1 N–H and O–H groups in total. The molecule has 0 radical (unpaired) electrons. The Bertz CT molecular complexity index is 962. The summed E-state index contributed by atoms with van der Waals surface area (Å²) in [5, 5.41) is 1.39. The van der Waals surface area contributed by atoms with E-state index in [4.69, 9.17) is 0 Å². The Labute approximate surface area is 149 Å². The minimum absolute atomic E-state index is 0.401. The summed E-state index contributed by atoms with van der Waals surface area (Å²) in [4.78, 5) is 8.91. The second-order valence-electron chi connectivity index (χ2n) is 5.47. The molecule has 0 fully saturated rings. The van der Waals surface area contributed by atoms with Crippen LogP contribution in [0, 0.1) is 6.92 Å². The first-order chi connectivity index (χ1) is 11.4. The predicted molar refractivity (Wildman–Crippen MR) is 102 cm³/mol. The predicted octanol–water partition coefficient (Wildman–Crippen LogP) is 3.99. The van der Waals surface area contributed by atoms with Crippen LogP contribution in [0.4, 0.5) is 5.13 Å². The average Bonchev–Trinajstić information content (AvgIpc) is 3.08. The molecule has 2 heterocycles. The lowest BCUT2D eigenvalue weighted by Gasteiger charge is -2.19. The summed E-state index contributed by atoms with van der Waals surface area (Å²) in [6.45, 7) is 6.82. The summed E-state index contributed by atoms with van der Waals surface area (Å²) in [5.41, 5.74) is 1.73. The second kappa shape index (κ2) is 6.91. The van der Waals surface area contributed by atoms with Crippen LogP contribution < -0.4 is 4.72 Å². The molecule has 1 aromatic carbocycles. The van der Waals surface area contributed by atoms with Crippen molar-refractivity contribution >= 4 is 58.4 Å². The third-order valence-corrected chi connectivity index (χ3v) is 7.53. The lowest BCUT2D eigenvalue weighted by atomic mass is 10.3. The van der Waals surface area contributed by atoms with Gasteiger partial charge in [0.25, 0.3) is 0 Å². The molecule has 24 heavy (non-hydrogen) atoms. The van der Waals surface area contributed by atoms with Crippen LogP contribution in [0.5, 0.6) is 0 Å². The van der Waals surface area contributed by atoms with Crippen molar-refractivity contribution < 1.29 is 8.42 Å². The second-order valence-corrected chi connectivity index (χ2v) is 9.34. The smallest absolute Gasteiger partial charge is 0.246 e. The fraction of sp³-hybridized carbons (Fsp3) is 0.467. The Hall–Kier alpha value is -1.29. The first kappa shape index (κ1) is 17.5. The highest BCUT2D eigenvalue weighted by molar-refractivity contribution is 7.90. The third-order valence-electron chi connectivity index (χ3n) is 3.69. The summed E-state index contributed by atoms with van der Waals surface area (Å²) in [5.74, 6) is 0. The molecular formula is C15H20N4O2S3. The monoisotopic (exact) mass is 384 g/mol. The average molecular weight is 385 g/mol. The van der Waals surface area contributed by atoms with Crippen molar-refractivity contribution in [3.05, 3.63) is 17.1 Å². The largest absolute Gasteiger partial charge is 0.303 e. The van der Waals surface area contributed by atoms with E-state index in [0.29, 0.717) is 18.2 Å². The van der Waals surface area contributed by atoms with Crippen molar-refractivity contribution in [1.29, 1.82) is 0 Å². The number of nitrogens with zero attached hydrogens (tertiary/aromatic N) is 3. The topological polar surface area (TPSA) is 75.2 Å². The molecule has 9 heteroatoms.